The Morgan fingerprint density at radius 2 is 2.05 bits per heavy atom. The molecule has 0 aliphatic rings. The molecule has 0 amide bonds. The number of ether oxygens (including phenoxy) is 1. The lowest BCUT2D eigenvalue weighted by Gasteiger charge is -2.06. The minimum atomic E-state index is -0.224. The lowest BCUT2D eigenvalue weighted by molar-refractivity contribution is -0.137. The highest BCUT2D eigenvalue weighted by atomic mass is 16.5. The van der Waals surface area contributed by atoms with E-state index in [0.717, 1.165) is 27.5 Å². The third-order valence-electron chi connectivity index (χ3n) is 3.37. The molecule has 1 aromatic carbocycles. The fraction of sp³-hybridized carbons (Fsp3) is 0.250. The first-order valence-electron chi connectivity index (χ1n) is 6.65. The van der Waals surface area contributed by atoms with Crippen molar-refractivity contribution >= 4 is 27.8 Å². The van der Waals surface area contributed by atoms with Gasteiger partial charge in [-0.25, -0.2) is 0 Å². The molecule has 0 spiro atoms. The first-order valence-corrected chi connectivity index (χ1v) is 6.65. The van der Waals surface area contributed by atoms with Crippen LogP contribution in [0, 0.1) is 12.8 Å². The van der Waals surface area contributed by atoms with Crippen molar-refractivity contribution < 1.29 is 9.53 Å². The van der Waals surface area contributed by atoms with Crippen LogP contribution in [0.3, 0.4) is 0 Å². The van der Waals surface area contributed by atoms with Crippen LogP contribution >= 0.6 is 0 Å². The second-order valence-electron chi connectivity index (χ2n) is 5.23. The van der Waals surface area contributed by atoms with Crippen LogP contribution in [-0.2, 0) is 4.79 Å². The number of nitrogens with zero attached hydrogens (tertiary/aromatic N) is 1. The maximum Gasteiger partial charge on any atom is 0.313 e. The summed E-state index contributed by atoms with van der Waals surface area (Å²) in [5.41, 5.74) is 2.93. The van der Waals surface area contributed by atoms with Gasteiger partial charge in [0, 0.05) is 23.0 Å². The highest BCUT2D eigenvalue weighted by Crippen LogP contribution is 2.29. The summed E-state index contributed by atoms with van der Waals surface area (Å²) in [5, 5.41) is 2.24. The Labute approximate surface area is 116 Å². The number of benzene rings is 1. The van der Waals surface area contributed by atoms with Crippen molar-refractivity contribution in [2.24, 2.45) is 5.92 Å². The van der Waals surface area contributed by atoms with E-state index >= 15 is 0 Å². The summed E-state index contributed by atoms with van der Waals surface area (Å²) in [7, 11) is 0. The van der Waals surface area contributed by atoms with E-state index < -0.39 is 0 Å². The van der Waals surface area contributed by atoms with Crippen molar-refractivity contribution in [3.8, 4) is 5.75 Å². The minimum absolute atomic E-state index is 0.139. The number of carbonyl (C=O) groups excluding carboxylic acids is 1. The molecule has 3 aromatic rings. The molecule has 0 atom stereocenters. The van der Waals surface area contributed by atoms with Crippen molar-refractivity contribution in [3.63, 3.8) is 0 Å². The molecule has 0 unspecified atom stereocenters. The Hall–Kier alpha value is -2.36. The first kappa shape index (κ1) is 12.7. The summed E-state index contributed by atoms with van der Waals surface area (Å²) in [6.07, 6.45) is 1.80. The van der Waals surface area contributed by atoms with E-state index in [0.29, 0.717) is 5.75 Å². The molecule has 0 saturated heterocycles. The Morgan fingerprint density at radius 3 is 2.80 bits per heavy atom. The monoisotopic (exact) mass is 268 g/mol. The Balaban J connectivity index is 2.10. The molecule has 3 rings (SSSR count). The van der Waals surface area contributed by atoms with Crippen LogP contribution in [0.2, 0.25) is 0 Å². The molecule has 0 radical (unpaired) electrons. The van der Waals surface area contributed by atoms with Crippen molar-refractivity contribution in [3.05, 3.63) is 36.2 Å². The minimum Gasteiger partial charge on any atom is -0.426 e. The number of carbonyl (C=O) groups is 1. The third-order valence-corrected chi connectivity index (χ3v) is 3.37. The highest BCUT2D eigenvalue weighted by Gasteiger charge is 2.12. The number of esters is 1. The summed E-state index contributed by atoms with van der Waals surface area (Å²) < 4.78 is 5.34. The van der Waals surface area contributed by atoms with Gasteiger partial charge in [0.2, 0.25) is 0 Å². The van der Waals surface area contributed by atoms with Crippen LogP contribution in [0.4, 0.5) is 0 Å². The van der Waals surface area contributed by atoms with Gasteiger partial charge in [-0.15, -0.1) is 0 Å². The zero-order chi connectivity index (χ0) is 14.3. The quantitative estimate of drug-likeness (QED) is 0.571. The fourth-order valence-electron chi connectivity index (χ4n) is 2.24. The number of aryl methyl sites for hydroxylation is 1. The largest absolute Gasteiger partial charge is 0.426 e. The van der Waals surface area contributed by atoms with Crippen LogP contribution in [0.25, 0.3) is 21.8 Å². The van der Waals surface area contributed by atoms with Gasteiger partial charge in [-0.1, -0.05) is 13.8 Å². The van der Waals surface area contributed by atoms with Crippen molar-refractivity contribution in [1.82, 2.24) is 9.97 Å². The van der Waals surface area contributed by atoms with Crippen molar-refractivity contribution in [1.29, 1.82) is 0 Å². The molecular weight excluding hydrogens is 252 g/mol. The molecule has 0 aliphatic heterocycles. The molecular formula is C16H16N2O2. The molecule has 1 N–H and O–H groups in total. The SMILES string of the molecule is Cc1nccc2c1[nH]c1cc(OC(=O)C(C)C)ccc12. The summed E-state index contributed by atoms with van der Waals surface area (Å²) in [6.45, 7) is 5.61. The zero-order valence-electron chi connectivity index (χ0n) is 11.7. The molecule has 2 aromatic heterocycles. The van der Waals surface area contributed by atoms with E-state index in [9.17, 15) is 4.79 Å². The molecule has 0 bridgehead atoms. The molecule has 102 valence electrons. The Morgan fingerprint density at radius 1 is 1.25 bits per heavy atom. The normalized spacial score (nSPS) is 11.4. The van der Waals surface area contributed by atoms with Gasteiger partial charge < -0.3 is 9.72 Å². The number of aromatic nitrogens is 2. The average Bonchev–Trinajstić information content (AvgIpc) is 2.78. The average molecular weight is 268 g/mol. The van der Waals surface area contributed by atoms with Crippen molar-refractivity contribution in [2.45, 2.75) is 20.8 Å². The van der Waals surface area contributed by atoms with E-state index in [2.05, 4.69) is 9.97 Å². The molecule has 0 saturated carbocycles. The van der Waals surface area contributed by atoms with Crippen LogP contribution in [0.1, 0.15) is 19.5 Å². The van der Waals surface area contributed by atoms with E-state index in [1.165, 1.54) is 0 Å². The number of nitrogens with one attached hydrogen (secondary N) is 1. The molecule has 4 nitrogen and oxygen atoms in total. The number of H-pyrrole nitrogens is 1. The smallest absolute Gasteiger partial charge is 0.313 e. The van der Waals surface area contributed by atoms with E-state index in [1.807, 2.05) is 45.0 Å². The number of rotatable bonds is 2. The number of aromatic amines is 1. The van der Waals surface area contributed by atoms with Crippen LogP contribution in [0.15, 0.2) is 30.5 Å². The Kier molecular flexibility index (Phi) is 2.93. The lowest BCUT2D eigenvalue weighted by Crippen LogP contribution is -2.14. The van der Waals surface area contributed by atoms with Gasteiger partial charge in [-0.2, -0.15) is 0 Å². The molecule has 4 heteroatoms. The Bertz CT molecular complexity index is 803. The zero-order valence-corrected chi connectivity index (χ0v) is 11.7. The summed E-state index contributed by atoms with van der Waals surface area (Å²) in [6, 6.07) is 7.64. The molecule has 20 heavy (non-hydrogen) atoms. The van der Waals surface area contributed by atoms with Gasteiger partial charge in [0.05, 0.1) is 22.6 Å². The van der Waals surface area contributed by atoms with Crippen LogP contribution < -0.4 is 4.74 Å². The van der Waals surface area contributed by atoms with Gasteiger partial charge in [0.25, 0.3) is 0 Å². The third kappa shape index (κ3) is 2.03. The maximum atomic E-state index is 11.6. The molecule has 2 heterocycles. The summed E-state index contributed by atoms with van der Waals surface area (Å²) in [5.74, 6) is 0.200. The number of fused-ring (bicyclic) bond motifs is 3. The second kappa shape index (κ2) is 4.63. The van der Waals surface area contributed by atoms with Gasteiger partial charge in [-0.05, 0) is 25.1 Å². The second-order valence-corrected chi connectivity index (χ2v) is 5.23. The summed E-state index contributed by atoms with van der Waals surface area (Å²) >= 11 is 0. The predicted octanol–water partition coefficient (Wildman–Crippen LogP) is 3.59. The number of pyridine rings is 1. The van der Waals surface area contributed by atoms with Gasteiger partial charge >= 0.3 is 5.97 Å². The van der Waals surface area contributed by atoms with Crippen LogP contribution in [0.5, 0.6) is 5.75 Å². The van der Waals surface area contributed by atoms with E-state index in [-0.39, 0.29) is 11.9 Å². The first-order chi connectivity index (χ1) is 9.56. The molecule has 0 aliphatic carbocycles. The maximum absolute atomic E-state index is 11.6. The van der Waals surface area contributed by atoms with Crippen molar-refractivity contribution in [2.75, 3.05) is 0 Å². The van der Waals surface area contributed by atoms with Gasteiger partial charge in [0.1, 0.15) is 5.75 Å². The topological polar surface area (TPSA) is 55.0 Å². The van der Waals surface area contributed by atoms with E-state index in [1.54, 1.807) is 6.20 Å². The highest BCUT2D eigenvalue weighted by molar-refractivity contribution is 6.08. The molecule has 0 fully saturated rings. The van der Waals surface area contributed by atoms with Gasteiger partial charge in [-0.3, -0.25) is 9.78 Å². The predicted molar refractivity (Wildman–Crippen MR) is 78.8 cm³/mol. The number of hydrogen-bond acceptors (Lipinski definition) is 3. The fourth-order valence-corrected chi connectivity index (χ4v) is 2.24. The van der Waals surface area contributed by atoms with E-state index in [4.69, 9.17) is 4.74 Å². The number of hydrogen-bond donors (Lipinski definition) is 1. The standard InChI is InChI=1S/C16H16N2O2/c1-9(2)16(19)20-11-4-5-12-13-6-7-17-10(3)15(13)18-14(12)8-11/h4-9,18H,1-3H3. The van der Waals surface area contributed by atoms with Gasteiger partial charge in [0.15, 0.2) is 0 Å². The van der Waals surface area contributed by atoms with Crippen LogP contribution in [-0.4, -0.2) is 15.9 Å². The summed E-state index contributed by atoms with van der Waals surface area (Å²) in [4.78, 5) is 19.2. The lowest BCUT2D eigenvalue weighted by atomic mass is 10.1.